The summed E-state index contributed by atoms with van der Waals surface area (Å²) in [5.41, 5.74) is 0. The van der Waals surface area contributed by atoms with Crippen molar-refractivity contribution in [3.05, 3.63) is 0 Å². The summed E-state index contributed by atoms with van der Waals surface area (Å²) in [5.74, 6) is -4.88. The van der Waals surface area contributed by atoms with E-state index in [0.29, 0.717) is 12.8 Å². The Labute approximate surface area is 102 Å². The minimum Gasteiger partial charge on any atom is -0.393 e. The molecular formula is C12H10O6. The molecule has 2 bridgehead atoms. The molecule has 3 saturated carbocycles. The third-order valence-corrected chi connectivity index (χ3v) is 4.94. The first-order valence-corrected chi connectivity index (χ1v) is 6.10. The van der Waals surface area contributed by atoms with Crippen LogP contribution >= 0.6 is 0 Å². The smallest absolute Gasteiger partial charge is 0.317 e. The number of carbonyl (C=O) groups excluding carboxylic acids is 4. The molecule has 94 valence electrons. The lowest BCUT2D eigenvalue weighted by atomic mass is 9.51. The highest BCUT2D eigenvalue weighted by atomic mass is 16.6. The molecule has 3 aliphatic carbocycles. The van der Waals surface area contributed by atoms with Crippen molar-refractivity contribution in [2.24, 2.45) is 35.5 Å². The summed E-state index contributed by atoms with van der Waals surface area (Å²) < 4.78 is 9.37. The Morgan fingerprint density at radius 2 is 0.889 bits per heavy atom. The van der Waals surface area contributed by atoms with Gasteiger partial charge in [0.05, 0.1) is 23.7 Å². The van der Waals surface area contributed by atoms with Crippen LogP contribution in [0.2, 0.25) is 0 Å². The van der Waals surface area contributed by atoms with Gasteiger partial charge < -0.3 is 9.47 Å². The van der Waals surface area contributed by atoms with E-state index >= 15 is 0 Å². The van der Waals surface area contributed by atoms with Crippen molar-refractivity contribution >= 4 is 23.9 Å². The number of rotatable bonds is 0. The zero-order valence-electron chi connectivity index (χ0n) is 9.33. The molecule has 18 heavy (non-hydrogen) atoms. The highest BCUT2D eigenvalue weighted by Crippen LogP contribution is 2.59. The molecule has 2 heterocycles. The van der Waals surface area contributed by atoms with Crippen molar-refractivity contribution in [3.63, 3.8) is 0 Å². The first-order valence-electron chi connectivity index (χ1n) is 6.10. The van der Waals surface area contributed by atoms with Gasteiger partial charge in [-0.1, -0.05) is 0 Å². The molecule has 0 amide bonds. The molecule has 5 fully saturated rings. The third kappa shape index (κ3) is 0.958. The van der Waals surface area contributed by atoms with Crippen LogP contribution in [0.15, 0.2) is 0 Å². The summed E-state index contributed by atoms with van der Waals surface area (Å²) in [6.45, 7) is 0. The molecule has 0 spiro atoms. The van der Waals surface area contributed by atoms with Crippen LogP contribution in [0.3, 0.4) is 0 Å². The van der Waals surface area contributed by atoms with E-state index in [2.05, 4.69) is 9.47 Å². The molecule has 2 unspecified atom stereocenters. The molecule has 0 aromatic heterocycles. The van der Waals surface area contributed by atoms with Crippen LogP contribution in [0.25, 0.3) is 0 Å². The maximum absolute atomic E-state index is 11.7. The van der Waals surface area contributed by atoms with Crippen molar-refractivity contribution < 1.29 is 28.7 Å². The highest BCUT2D eigenvalue weighted by Gasteiger charge is 2.69. The summed E-state index contributed by atoms with van der Waals surface area (Å²) in [4.78, 5) is 46.8. The van der Waals surface area contributed by atoms with Gasteiger partial charge in [0.25, 0.3) is 0 Å². The standard InChI is InChI=1S/C12H10O6/c13-9-5-3-1-2-4(7(5)11(15)17-9)8-6(3)10(14)18-12(8)16/h3-8H,1-2H2/t3-,4+,5+,6?,7-,8?. The van der Waals surface area contributed by atoms with Gasteiger partial charge >= 0.3 is 23.9 Å². The molecule has 0 N–H and O–H groups in total. The van der Waals surface area contributed by atoms with Crippen molar-refractivity contribution in [2.45, 2.75) is 12.8 Å². The first-order chi connectivity index (χ1) is 8.59. The molecule has 5 aliphatic rings. The van der Waals surface area contributed by atoms with Crippen LogP contribution < -0.4 is 0 Å². The van der Waals surface area contributed by atoms with E-state index in [4.69, 9.17) is 0 Å². The van der Waals surface area contributed by atoms with Crippen LogP contribution in [-0.4, -0.2) is 23.9 Å². The number of carbonyl (C=O) groups is 4. The Balaban J connectivity index is 1.84. The average molecular weight is 250 g/mol. The predicted octanol–water partition coefficient (Wildman–Crippen LogP) is -0.342. The van der Waals surface area contributed by atoms with Gasteiger partial charge in [0.15, 0.2) is 0 Å². The number of esters is 4. The van der Waals surface area contributed by atoms with E-state index < -0.39 is 47.5 Å². The number of fused-ring (bicyclic) bond motifs is 1. The minimum absolute atomic E-state index is 0.275. The highest BCUT2D eigenvalue weighted by molar-refractivity contribution is 6.02. The number of hydrogen-bond acceptors (Lipinski definition) is 6. The topological polar surface area (TPSA) is 86.7 Å². The van der Waals surface area contributed by atoms with E-state index in [1.165, 1.54) is 0 Å². The monoisotopic (exact) mass is 250 g/mol. The fourth-order valence-corrected chi connectivity index (χ4v) is 4.37. The lowest BCUT2D eigenvalue weighted by Gasteiger charge is -2.46. The molecule has 0 aromatic rings. The second-order valence-electron chi connectivity index (χ2n) is 5.49. The summed E-state index contributed by atoms with van der Waals surface area (Å²) in [6.07, 6.45) is 1.36. The van der Waals surface area contributed by atoms with Crippen LogP contribution in [-0.2, 0) is 28.7 Å². The van der Waals surface area contributed by atoms with Crippen molar-refractivity contribution in [1.82, 2.24) is 0 Å². The van der Waals surface area contributed by atoms with Crippen LogP contribution in [0, 0.1) is 35.5 Å². The summed E-state index contributed by atoms with van der Waals surface area (Å²) in [6, 6.07) is 0. The molecule has 2 aliphatic heterocycles. The normalized spacial score (nSPS) is 48.9. The number of ether oxygens (including phenoxy) is 2. The first kappa shape index (κ1) is 10.2. The Morgan fingerprint density at radius 3 is 1.17 bits per heavy atom. The summed E-state index contributed by atoms with van der Waals surface area (Å²) >= 11 is 0. The molecule has 6 heteroatoms. The summed E-state index contributed by atoms with van der Waals surface area (Å²) in [7, 11) is 0. The van der Waals surface area contributed by atoms with E-state index in [9.17, 15) is 19.2 Å². The SMILES string of the molecule is O=C1OC(=O)C2C1[C@H]1CC[C@@H]2[C@@H]2C(=O)OC(=O)[C@@H]21. The lowest BCUT2D eigenvalue weighted by molar-refractivity contribution is -0.154. The molecule has 0 radical (unpaired) electrons. The maximum atomic E-state index is 11.7. The van der Waals surface area contributed by atoms with Gasteiger partial charge in [0.1, 0.15) is 0 Å². The fraction of sp³-hybridized carbons (Fsp3) is 0.667. The second-order valence-corrected chi connectivity index (χ2v) is 5.49. The predicted molar refractivity (Wildman–Crippen MR) is 52.4 cm³/mol. The Hall–Kier alpha value is -1.72. The second kappa shape index (κ2) is 2.99. The Morgan fingerprint density at radius 1 is 0.611 bits per heavy atom. The van der Waals surface area contributed by atoms with Gasteiger partial charge in [-0.05, 0) is 24.7 Å². The van der Waals surface area contributed by atoms with Gasteiger partial charge in [0, 0.05) is 0 Å². The van der Waals surface area contributed by atoms with Gasteiger partial charge in [-0.3, -0.25) is 19.2 Å². The zero-order valence-corrected chi connectivity index (χ0v) is 9.33. The van der Waals surface area contributed by atoms with E-state index in [1.807, 2.05) is 0 Å². The van der Waals surface area contributed by atoms with E-state index in [0.717, 1.165) is 0 Å². The molecule has 6 atom stereocenters. The average Bonchev–Trinajstić information content (AvgIpc) is 2.81. The summed E-state index contributed by atoms with van der Waals surface area (Å²) in [5, 5.41) is 0. The van der Waals surface area contributed by atoms with Crippen LogP contribution in [0.1, 0.15) is 12.8 Å². The zero-order chi connectivity index (χ0) is 12.6. The van der Waals surface area contributed by atoms with Crippen LogP contribution in [0.4, 0.5) is 0 Å². The third-order valence-electron chi connectivity index (χ3n) is 4.94. The van der Waals surface area contributed by atoms with Crippen molar-refractivity contribution in [2.75, 3.05) is 0 Å². The van der Waals surface area contributed by atoms with Crippen molar-refractivity contribution in [1.29, 1.82) is 0 Å². The van der Waals surface area contributed by atoms with Gasteiger partial charge in [-0.2, -0.15) is 0 Å². The van der Waals surface area contributed by atoms with Gasteiger partial charge in [-0.25, -0.2) is 0 Å². The van der Waals surface area contributed by atoms with Crippen molar-refractivity contribution in [3.8, 4) is 0 Å². The minimum atomic E-state index is -0.545. The van der Waals surface area contributed by atoms with E-state index in [-0.39, 0.29) is 11.8 Å². The fourth-order valence-electron chi connectivity index (χ4n) is 4.37. The molecule has 6 nitrogen and oxygen atoms in total. The Kier molecular flexibility index (Phi) is 1.70. The van der Waals surface area contributed by atoms with E-state index in [1.54, 1.807) is 0 Å². The van der Waals surface area contributed by atoms with Crippen LogP contribution in [0.5, 0.6) is 0 Å². The van der Waals surface area contributed by atoms with Gasteiger partial charge in [-0.15, -0.1) is 0 Å². The Bertz CT molecular complexity index is 423. The molecule has 0 aromatic carbocycles. The largest absolute Gasteiger partial charge is 0.393 e. The quantitative estimate of drug-likeness (QED) is 0.431. The van der Waals surface area contributed by atoms with Gasteiger partial charge in [0.2, 0.25) is 0 Å². The maximum Gasteiger partial charge on any atom is 0.317 e. The number of hydrogen-bond donors (Lipinski definition) is 0. The molecule has 2 saturated heterocycles. The molecular weight excluding hydrogens is 240 g/mol. The molecule has 5 rings (SSSR count). The number of cyclic esters (lactones) is 4. The lowest BCUT2D eigenvalue weighted by Crippen LogP contribution is -2.53.